The number of nitrogens with zero attached hydrogens (tertiary/aromatic N) is 4. The summed E-state index contributed by atoms with van der Waals surface area (Å²) < 4.78 is 2.07. The highest BCUT2D eigenvalue weighted by Gasteiger charge is 2.15. The molecule has 3 aromatic rings. The topological polar surface area (TPSA) is 72.7 Å². The Morgan fingerprint density at radius 1 is 1.03 bits per heavy atom. The Morgan fingerprint density at radius 3 is 2.48 bits per heavy atom. The molecular formula is C22H27N5OS. The second-order valence-electron chi connectivity index (χ2n) is 6.83. The number of benzene rings is 1. The van der Waals surface area contributed by atoms with Gasteiger partial charge < -0.3 is 9.88 Å². The summed E-state index contributed by atoms with van der Waals surface area (Å²) in [5.41, 5.74) is 3.10. The van der Waals surface area contributed by atoms with Gasteiger partial charge in [-0.05, 0) is 49.1 Å². The first-order valence-corrected chi connectivity index (χ1v) is 11.0. The molecule has 0 saturated heterocycles. The van der Waals surface area contributed by atoms with Crippen LogP contribution in [0.5, 0.6) is 0 Å². The van der Waals surface area contributed by atoms with Crippen molar-refractivity contribution < 1.29 is 4.79 Å². The van der Waals surface area contributed by atoms with Crippen LogP contribution in [0.25, 0.3) is 11.4 Å². The van der Waals surface area contributed by atoms with Crippen LogP contribution >= 0.6 is 11.8 Å². The van der Waals surface area contributed by atoms with Gasteiger partial charge in [-0.15, -0.1) is 10.2 Å². The van der Waals surface area contributed by atoms with Gasteiger partial charge in [-0.1, -0.05) is 44.2 Å². The maximum Gasteiger partial charge on any atom is 0.234 e. The number of thioether (sulfide) groups is 1. The number of nitrogens with one attached hydrogen (secondary N) is 1. The minimum Gasteiger partial charge on any atom is -0.325 e. The minimum absolute atomic E-state index is 0.0483. The molecule has 29 heavy (non-hydrogen) atoms. The van der Waals surface area contributed by atoms with Crippen LogP contribution in [-0.2, 0) is 17.8 Å². The number of aromatic nitrogens is 4. The highest BCUT2D eigenvalue weighted by Crippen LogP contribution is 2.24. The second kappa shape index (κ2) is 10.8. The fraction of sp³-hybridized carbons (Fsp3) is 0.364. The normalized spacial score (nSPS) is 10.8. The quantitative estimate of drug-likeness (QED) is 0.486. The van der Waals surface area contributed by atoms with Crippen molar-refractivity contribution in [2.24, 2.45) is 0 Å². The molecule has 0 aliphatic rings. The van der Waals surface area contributed by atoms with Crippen molar-refractivity contribution in [3.05, 3.63) is 54.4 Å². The van der Waals surface area contributed by atoms with E-state index in [1.807, 2.05) is 24.3 Å². The summed E-state index contributed by atoms with van der Waals surface area (Å²) in [6.07, 6.45) is 7.89. The van der Waals surface area contributed by atoms with Crippen LogP contribution in [0, 0.1) is 0 Å². The summed E-state index contributed by atoms with van der Waals surface area (Å²) in [4.78, 5) is 16.4. The SMILES string of the molecule is CCCCc1ccc(NC(=O)CSc2nnc(-c3ccncc3)n2CCC)cc1. The molecule has 2 aromatic heterocycles. The molecule has 0 aliphatic heterocycles. The fourth-order valence-electron chi connectivity index (χ4n) is 3.00. The smallest absolute Gasteiger partial charge is 0.234 e. The Labute approximate surface area is 176 Å². The van der Waals surface area contributed by atoms with Crippen LogP contribution in [0.1, 0.15) is 38.7 Å². The number of hydrogen-bond acceptors (Lipinski definition) is 5. The Hall–Kier alpha value is -2.67. The molecule has 2 heterocycles. The largest absolute Gasteiger partial charge is 0.325 e. The monoisotopic (exact) mass is 409 g/mol. The average molecular weight is 410 g/mol. The molecule has 1 N–H and O–H groups in total. The molecule has 152 valence electrons. The molecule has 1 aromatic carbocycles. The van der Waals surface area contributed by atoms with E-state index in [1.165, 1.54) is 30.2 Å². The number of anilines is 1. The zero-order valence-electron chi connectivity index (χ0n) is 17.0. The number of amides is 1. The first-order valence-electron chi connectivity index (χ1n) is 10.1. The summed E-state index contributed by atoms with van der Waals surface area (Å²) >= 11 is 1.41. The molecule has 0 fully saturated rings. The van der Waals surface area contributed by atoms with Crippen LogP contribution < -0.4 is 5.32 Å². The fourth-order valence-corrected chi connectivity index (χ4v) is 3.76. The molecule has 0 aliphatic carbocycles. The molecular weight excluding hydrogens is 382 g/mol. The Kier molecular flexibility index (Phi) is 7.81. The van der Waals surface area contributed by atoms with Gasteiger partial charge >= 0.3 is 0 Å². The molecule has 0 atom stereocenters. The summed E-state index contributed by atoms with van der Waals surface area (Å²) in [5, 5.41) is 12.4. The maximum atomic E-state index is 12.4. The average Bonchev–Trinajstić information content (AvgIpc) is 3.15. The number of hydrogen-bond donors (Lipinski definition) is 1. The van der Waals surface area contributed by atoms with Crippen molar-refractivity contribution >= 4 is 23.4 Å². The third-order valence-corrected chi connectivity index (χ3v) is 5.46. The van der Waals surface area contributed by atoms with Crippen molar-refractivity contribution in [1.29, 1.82) is 0 Å². The maximum absolute atomic E-state index is 12.4. The summed E-state index contributed by atoms with van der Waals surface area (Å²) in [7, 11) is 0. The van der Waals surface area contributed by atoms with Gasteiger partial charge in [0.2, 0.25) is 5.91 Å². The Morgan fingerprint density at radius 2 is 1.79 bits per heavy atom. The van der Waals surface area contributed by atoms with Gasteiger partial charge in [-0.3, -0.25) is 9.78 Å². The van der Waals surface area contributed by atoms with Crippen LogP contribution in [0.2, 0.25) is 0 Å². The lowest BCUT2D eigenvalue weighted by atomic mass is 10.1. The van der Waals surface area contributed by atoms with Crippen LogP contribution in [0.3, 0.4) is 0 Å². The van der Waals surface area contributed by atoms with Crippen molar-refractivity contribution in [2.45, 2.75) is 51.2 Å². The minimum atomic E-state index is -0.0483. The molecule has 0 radical (unpaired) electrons. The standard InChI is InChI=1S/C22H27N5OS/c1-3-5-6-17-7-9-19(10-8-17)24-20(28)16-29-22-26-25-21(27(22)15-4-2)18-11-13-23-14-12-18/h7-14H,3-6,15-16H2,1-2H3,(H,24,28). The number of carbonyl (C=O) groups is 1. The lowest BCUT2D eigenvalue weighted by molar-refractivity contribution is -0.113. The Balaban J connectivity index is 1.60. The summed E-state index contributed by atoms with van der Waals surface area (Å²) in [6, 6.07) is 11.9. The van der Waals surface area contributed by atoms with Gasteiger partial charge in [-0.25, -0.2) is 0 Å². The van der Waals surface area contributed by atoms with Gasteiger partial charge in [-0.2, -0.15) is 0 Å². The van der Waals surface area contributed by atoms with E-state index in [1.54, 1.807) is 12.4 Å². The van der Waals surface area contributed by atoms with Crippen molar-refractivity contribution in [3.8, 4) is 11.4 Å². The van der Waals surface area contributed by atoms with E-state index in [2.05, 4.69) is 51.0 Å². The molecule has 0 unspecified atom stereocenters. The van der Waals surface area contributed by atoms with Gasteiger partial charge in [0.05, 0.1) is 5.75 Å². The highest BCUT2D eigenvalue weighted by atomic mass is 32.2. The predicted molar refractivity (Wildman–Crippen MR) is 118 cm³/mol. The van der Waals surface area contributed by atoms with Crippen LogP contribution in [0.15, 0.2) is 53.9 Å². The molecule has 0 saturated carbocycles. The second-order valence-corrected chi connectivity index (χ2v) is 7.77. The van der Waals surface area contributed by atoms with Crippen LogP contribution in [-0.4, -0.2) is 31.4 Å². The molecule has 1 amide bonds. The number of rotatable bonds is 10. The summed E-state index contributed by atoms with van der Waals surface area (Å²) in [5.74, 6) is 1.04. The first-order chi connectivity index (χ1) is 14.2. The highest BCUT2D eigenvalue weighted by molar-refractivity contribution is 7.99. The zero-order chi connectivity index (χ0) is 20.5. The van der Waals surface area contributed by atoms with Crippen molar-refractivity contribution in [1.82, 2.24) is 19.7 Å². The van der Waals surface area contributed by atoms with Crippen molar-refractivity contribution in [3.63, 3.8) is 0 Å². The van der Waals surface area contributed by atoms with Gasteiger partial charge in [0.1, 0.15) is 0 Å². The first kappa shape index (κ1) is 21.0. The van der Waals surface area contributed by atoms with Gasteiger partial charge in [0.15, 0.2) is 11.0 Å². The molecule has 3 rings (SSSR count). The summed E-state index contributed by atoms with van der Waals surface area (Å²) in [6.45, 7) is 5.10. The van der Waals surface area contributed by atoms with Crippen LogP contribution in [0.4, 0.5) is 5.69 Å². The van der Waals surface area contributed by atoms with E-state index < -0.39 is 0 Å². The number of carbonyl (C=O) groups excluding carboxylic acids is 1. The van der Waals surface area contributed by atoms with E-state index in [9.17, 15) is 4.79 Å². The predicted octanol–water partition coefficient (Wildman–Crippen LogP) is 4.82. The van der Waals surface area contributed by atoms with Gasteiger partial charge in [0.25, 0.3) is 0 Å². The van der Waals surface area contributed by atoms with Gasteiger partial charge in [0, 0.05) is 30.2 Å². The molecule has 0 spiro atoms. The van der Waals surface area contributed by atoms with E-state index in [0.717, 1.165) is 41.6 Å². The Bertz CT molecular complexity index is 909. The van der Waals surface area contributed by atoms with E-state index in [4.69, 9.17) is 0 Å². The van der Waals surface area contributed by atoms with E-state index in [-0.39, 0.29) is 11.7 Å². The van der Waals surface area contributed by atoms with Crippen molar-refractivity contribution in [2.75, 3.05) is 11.1 Å². The third kappa shape index (κ3) is 5.90. The van der Waals surface area contributed by atoms with E-state index >= 15 is 0 Å². The lowest BCUT2D eigenvalue weighted by Gasteiger charge is -2.09. The molecule has 7 heteroatoms. The molecule has 0 bridgehead atoms. The zero-order valence-corrected chi connectivity index (χ0v) is 17.8. The number of unbranched alkanes of at least 4 members (excludes halogenated alkanes) is 1. The number of aryl methyl sites for hydroxylation is 1. The third-order valence-electron chi connectivity index (χ3n) is 4.49. The molecule has 6 nitrogen and oxygen atoms in total. The lowest BCUT2D eigenvalue weighted by Crippen LogP contribution is -2.14. The van der Waals surface area contributed by atoms with E-state index in [0.29, 0.717) is 0 Å². The number of pyridine rings is 1.